The summed E-state index contributed by atoms with van der Waals surface area (Å²) in [6, 6.07) is 31.1. The average Bonchev–Trinajstić information content (AvgIpc) is 2.94. The van der Waals surface area contributed by atoms with Crippen LogP contribution in [0.1, 0.15) is 39.5 Å². The van der Waals surface area contributed by atoms with Crippen LogP contribution in [0.4, 0.5) is 22.7 Å². The van der Waals surface area contributed by atoms with Gasteiger partial charge >= 0.3 is 16.5 Å². The minimum Gasteiger partial charge on any atom is -0.398 e. The van der Waals surface area contributed by atoms with Gasteiger partial charge in [-0.3, -0.25) is 0 Å². The Morgan fingerprint density at radius 1 is 0.462 bits per heavy atom. The topological polar surface area (TPSA) is 104 Å². The van der Waals surface area contributed by atoms with Gasteiger partial charge in [0.2, 0.25) is 0 Å². The van der Waals surface area contributed by atoms with E-state index in [1.165, 1.54) is 12.8 Å². The first-order chi connectivity index (χ1) is 18.4. The molecule has 0 aliphatic rings. The van der Waals surface area contributed by atoms with Crippen molar-refractivity contribution in [1.29, 1.82) is 0 Å². The minimum absolute atomic E-state index is 0. The molecule has 0 amide bonds. The van der Waals surface area contributed by atoms with E-state index < -0.39 is 0 Å². The zero-order valence-electron chi connectivity index (χ0n) is 22.9. The Balaban J connectivity index is 0.000000572. The van der Waals surface area contributed by atoms with Crippen LogP contribution in [-0.4, -0.2) is 0 Å². The van der Waals surface area contributed by atoms with Gasteiger partial charge in [0.25, 0.3) is 0 Å². The molecule has 0 bridgehead atoms. The number of unbranched alkanes of at least 4 members (excludes halogenated alkanes) is 2. The second-order valence-corrected chi connectivity index (χ2v) is 10.2. The molecule has 212 valence electrons. The van der Waals surface area contributed by atoms with Gasteiger partial charge in [-0.25, -0.2) is 0 Å². The Morgan fingerprint density at radius 2 is 0.641 bits per heavy atom. The summed E-state index contributed by atoms with van der Waals surface area (Å²) in [6.45, 7) is 11.4. The largest absolute Gasteiger partial charge is 2.00 e. The van der Waals surface area contributed by atoms with Crippen LogP contribution in [0.15, 0.2) is 117 Å². The van der Waals surface area contributed by atoms with E-state index >= 15 is 0 Å². The predicted octanol–water partition coefficient (Wildman–Crippen LogP) is 9.24. The first-order valence-corrected chi connectivity index (χ1v) is 14.3. The molecule has 4 rings (SSSR count). The van der Waals surface area contributed by atoms with Crippen LogP contribution in [0.5, 0.6) is 0 Å². The number of nitrogens with two attached hydrogens (primary N) is 4. The monoisotopic (exact) mass is 604 g/mol. The van der Waals surface area contributed by atoms with Crippen LogP contribution in [-0.2, 0) is 16.5 Å². The van der Waals surface area contributed by atoms with E-state index in [1.807, 2.05) is 97.1 Å². The molecule has 4 aromatic carbocycles. The molecule has 0 unspecified atom stereocenters. The standard InChI is InChI=1S/2C12H12N2S.2C4H9.Ni/c2*13-9-5-1-3-7-11(9)15-12-8-4-2-6-10(12)14;2*1-3-4-2;/h2*1-8H,13-14H2;2*1,3-4H2,2H3;/q;;2*-1;+2. The first kappa shape index (κ1) is 36.3. The molecule has 4 nitrogen and oxygen atoms in total. The van der Waals surface area contributed by atoms with Crippen LogP contribution in [0.2, 0.25) is 0 Å². The Kier molecular flexibility index (Phi) is 20.6. The third kappa shape index (κ3) is 14.9. The summed E-state index contributed by atoms with van der Waals surface area (Å²) in [5.41, 5.74) is 26.6. The van der Waals surface area contributed by atoms with E-state index in [4.69, 9.17) is 22.9 Å². The van der Waals surface area contributed by atoms with Crippen molar-refractivity contribution in [3.8, 4) is 0 Å². The van der Waals surface area contributed by atoms with E-state index in [-0.39, 0.29) is 16.5 Å². The summed E-state index contributed by atoms with van der Waals surface area (Å²) in [4.78, 5) is 4.15. The molecule has 0 spiro atoms. The quantitative estimate of drug-likeness (QED) is 0.0993. The van der Waals surface area contributed by atoms with Crippen LogP contribution in [0.3, 0.4) is 0 Å². The third-order valence-electron chi connectivity index (χ3n) is 4.82. The summed E-state index contributed by atoms with van der Waals surface area (Å²) in [5.74, 6) is 0. The molecule has 0 saturated heterocycles. The Labute approximate surface area is 254 Å². The fourth-order valence-corrected chi connectivity index (χ4v) is 4.33. The van der Waals surface area contributed by atoms with Gasteiger partial charge < -0.3 is 36.8 Å². The maximum Gasteiger partial charge on any atom is 2.00 e. The molecule has 0 saturated carbocycles. The van der Waals surface area contributed by atoms with Gasteiger partial charge in [0, 0.05) is 42.3 Å². The van der Waals surface area contributed by atoms with Gasteiger partial charge in [0.1, 0.15) is 0 Å². The first-order valence-electron chi connectivity index (χ1n) is 12.7. The molecule has 39 heavy (non-hydrogen) atoms. The van der Waals surface area contributed by atoms with Crippen molar-refractivity contribution in [2.45, 2.75) is 59.1 Å². The number of benzene rings is 4. The average molecular weight is 606 g/mol. The molecule has 4 aromatic rings. The molecule has 0 aliphatic carbocycles. The molecule has 8 N–H and O–H groups in total. The van der Waals surface area contributed by atoms with Crippen molar-refractivity contribution in [1.82, 2.24) is 0 Å². The molecule has 0 heterocycles. The van der Waals surface area contributed by atoms with Crippen LogP contribution < -0.4 is 22.9 Å². The molecule has 0 aliphatic heterocycles. The van der Waals surface area contributed by atoms with E-state index in [0.29, 0.717) is 0 Å². The second-order valence-electron chi connectivity index (χ2n) is 8.06. The van der Waals surface area contributed by atoms with E-state index in [1.54, 1.807) is 23.5 Å². The SMILES string of the molecule is Nc1ccccc1Sc1ccccc1N.Nc1ccccc1Sc1ccccc1N.[CH2-]CCC.[CH2-]CCC.[Ni+2]. The zero-order valence-corrected chi connectivity index (χ0v) is 25.5. The third-order valence-corrected chi connectivity index (χ3v) is 7.19. The van der Waals surface area contributed by atoms with Gasteiger partial charge in [0.15, 0.2) is 0 Å². The van der Waals surface area contributed by atoms with E-state index in [0.717, 1.165) is 55.2 Å². The van der Waals surface area contributed by atoms with Gasteiger partial charge in [-0.15, -0.1) is 0 Å². The molecule has 0 atom stereocenters. The maximum absolute atomic E-state index is 5.86. The summed E-state index contributed by atoms with van der Waals surface area (Å²) >= 11 is 3.18. The van der Waals surface area contributed by atoms with Crippen molar-refractivity contribution < 1.29 is 16.5 Å². The Bertz CT molecular complexity index is 1000. The Hall–Kier alpha value is -2.73. The molecule has 7 heteroatoms. The van der Waals surface area contributed by atoms with Crippen molar-refractivity contribution in [3.05, 3.63) is 111 Å². The number of anilines is 4. The number of nitrogen functional groups attached to an aromatic ring is 4. The number of rotatable bonds is 6. The summed E-state index contributed by atoms with van der Waals surface area (Å²) in [6.07, 6.45) is 4.56. The number of hydrogen-bond donors (Lipinski definition) is 4. The maximum atomic E-state index is 5.86. The number of para-hydroxylation sites is 4. The minimum atomic E-state index is 0. The second kappa shape index (κ2) is 22.1. The Morgan fingerprint density at radius 3 is 0.795 bits per heavy atom. The van der Waals surface area contributed by atoms with Crippen LogP contribution >= 0.6 is 23.5 Å². The van der Waals surface area contributed by atoms with Crippen molar-refractivity contribution >= 4 is 46.3 Å². The summed E-state index contributed by atoms with van der Waals surface area (Å²) < 4.78 is 0. The predicted molar refractivity (Wildman–Crippen MR) is 172 cm³/mol. The molecular weight excluding hydrogens is 563 g/mol. The van der Waals surface area contributed by atoms with E-state index in [9.17, 15) is 0 Å². The van der Waals surface area contributed by atoms with Crippen LogP contribution in [0, 0.1) is 13.8 Å². The van der Waals surface area contributed by atoms with Crippen molar-refractivity contribution in [2.75, 3.05) is 22.9 Å². The van der Waals surface area contributed by atoms with E-state index in [2.05, 4.69) is 27.7 Å². The normalized spacial score (nSPS) is 9.33. The van der Waals surface area contributed by atoms with Crippen molar-refractivity contribution in [3.63, 3.8) is 0 Å². The molecule has 0 radical (unpaired) electrons. The van der Waals surface area contributed by atoms with Gasteiger partial charge in [-0.1, -0.05) is 98.7 Å². The van der Waals surface area contributed by atoms with Crippen molar-refractivity contribution in [2.24, 2.45) is 0 Å². The summed E-state index contributed by atoms with van der Waals surface area (Å²) in [7, 11) is 0. The zero-order chi connectivity index (χ0) is 28.2. The van der Waals surface area contributed by atoms with Gasteiger partial charge in [-0.05, 0) is 48.5 Å². The van der Waals surface area contributed by atoms with Gasteiger partial charge in [0.05, 0.1) is 0 Å². The fraction of sp³-hybridized carbons (Fsp3) is 0.188. The fourth-order valence-electron chi connectivity index (χ4n) is 2.53. The number of hydrogen-bond acceptors (Lipinski definition) is 6. The molecule has 0 aromatic heterocycles. The molecule has 0 fully saturated rings. The van der Waals surface area contributed by atoms with Crippen LogP contribution in [0.25, 0.3) is 0 Å². The van der Waals surface area contributed by atoms with Gasteiger partial charge in [-0.2, -0.15) is 12.8 Å². The smallest absolute Gasteiger partial charge is 0.398 e. The molecular formula is C32H42N4NiS2. The summed E-state index contributed by atoms with van der Waals surface area (Å²) in [5, 5.41) is 0.